The first-order chi connectivity index (χ1) is 13.5. The number of rotatable bonds is 6. The first-order valence-corrected chi connectivity index (χ1v) is 8.23. The van der Waals surface area contributed by atoms with Crippen LogP contribution in [0.25, 0.3) is 11.2 Å². The molecule has 11 heteroatoms. The van der Waals surface area contributed by atoms with Crippen LogP contribution in [0.15, 0.2) is 42.7 Å². The highest BCUT2D eigenvalue weighted by atomic mass is 19.3. The molecule has 0 bridgehead atoms. The zero-order valence-corrected chi connectivity index (χ0v) is 14.5. The Morgan fingerprint density at radius 3 is 2.82 bits per heavy atom. The summed E-state index contributed by atoms with van der Waals surface area (Å²) in [6, 6.07) is 7.27. The van der Waals surface area contributed by atoms with Gasteiger partial charge in [-0.15, -0.1) is 5.10 Å². The summed E-state index contributed by atoms with van der Waals surface area (Å²) < 4.78 is 44.3. The van der Waals surface area contributed by atoms with Crippen LogP contribution in [0.3, 0.4) is 0 Å². The molecule has 0 unspecified atom stereocenters. The molecule has 144 valence electrons. The Bertz CT molecular complexity index is 1110. The predicted molar refractivity (Wildman–Crippen MR) is 94.0 cm³/mol. The van der Waals surface area contributed by atoms with Gasteiger partial charge < -0.3 is 10.1 Å². The molecule has 4 rings (SSSR count). The summed E-state index contributed by atoms with van der Waals surface area (Å²) in [7, 11) is 0. The lowest BCUT2D eigenvalue weighted by Crippen LogP contribution is -2.11. The minimum absolute atomic E-state index is 0.259. The van der Waals surface area contributed by atoms with Gasteiger partial charge in [-0.25, -0.2) is 19.0 Å². The molecule has 0 saturated carbocycles. The van der Waals surface area contributed by atoms with Gasteiger partial charge in [0, 0.05) is 11.6 Å². The molecular weight excluding hydrogens is 375 g/mol. The van der Waals surface area contributed by atoms with Crippen LogP contribution < -0.4 is 10.1 Å². The lowest BCUT2D eigenvalue weighted by atomic mass is 10.1. The second-order valence-corrected chi connectivity index (χ2v) is 5.87. The number of hydrogen-bond acceptors (Lipinski definition) is 6. The van der Waals surface area contributed by atoms with E-state index in [0.29, 0.717) is 22.5 Å². The molecule has 1 aromatic carbocycles. The quantitative estimate of drug-likeness (QED) is 0.523. The third kappa shape index (κ3) is 3.46. The van der Waals surface area contributed by atoms with Crippen molar-refractivity contribution in [1.82, 2.24) is 29.9 Å². The van der Waals surface area contributed by atoms with E-state index >= 15 is 0 Å². The Morgan fingerprint density at radius 2 is 2.04 bits per heavy atom. The van der Waals surface area contributed by atoms with E-state index in [0.717, 1.165) is 0 Å². The van der Waals surface area contributed by atoms with E-state index in [1.54, 1.807) is 29.8 Å². The fraction of sp³-hybridized carbons (Fsp3) is 0.176. The number of nitrogens with one attached hydrogen (secondary N) is 2. The number of alkyl halides is 2. The van der Waals surface area contributed by atoms with Crippen LogP contribution in [0.1, 0.15) is 18.5 Å². The number of nitrogens with zero attached hydrogens (tertiary/aromatic N) is 5. The number of ether oxygens (including phenoxy) is 1. The number of aromatic amines is 1. The molecule has 1 atom stereocenters. The second kappa shape index (κ2) is 7.18. The van der Waals surface area contributed by atoms with Gasteiger partial charge in [0.25, 0.3) is 0 Å². The van der Waals surface area contributed by atoms with Gasteiger partial charge in [-0.05, 0) is 13.0 Å². The molecule has 8 nitrogen and oxygen atoms in total. The molecule has 0 aliphatic rings. The molecule has 0 amide bonds. The van der Waals surface area contributed by atoms with Crippen LogP contribution in [0.4, 0.5) is 24.8 Å². The van der Waals surface area contributed by atoms with Crippen LogP contribution in [0, 0.1) is 5.82 Å². The fourth-order valence-electron chi connectivity index (χ4n) is 2.77. The van der Waals surface area contributed by atoms with Crippen molar-refractivity contribution < 1.29 is 17.9 Å². The molecule has 0 fully saturated rings. The van der Waals surface area contributed by atoms with Crippen LogP contribution in [0.2, 0.25) is 0 Å². The van der Waals surface area contributed by atoms with Gasteiger partial charge in [0.05, 0.1) is 18.4 Å². The second-order valence-electron chi connectivity index (χ2n) is 5.87. The maximum atomic E-state index is 14.1. The van der Waals surface area contributed by atoms with Crippen molar-refractivity contribution in [3.05, 3.63) is 54.1 Å². The molecule has 0 radical (unpaired) electrons. The van der Waals surface area contributed by atoms with Gasteiger partial charge in [-0.3, -0.25) is 5.10 Å². The maximum absolute atomic E-state index is 14.1. The molecule has 0 saturated heterocycles. The maximum Gasteiger partial charge on any atom is 0.388 e. The van der Waals surface area contributed by atoms with Crippen molar-refractivity contribution >= 4 is 22.8 Å². The summed E-state index contributed by atoms with van der Waals surface area (Å²) in [5.74, 6) is 0.00871. The summed E-state index contributed by atoms with van der Waals surface area (Å²) >= 11 is 0. The number of fused-ring (bicyclic) bond motifs is 1. The van der Waals surface area contributed by atoms with Crippen molar-refractivity contribution in [1.29, 1.82) is 0 Å². The summed E-state index contributed by atoms with van der Waals surface area (Å²) in [5.41, 5.74) is 1.43. The summed E-state index contributed by atoms with van der Waals surface area (Å²) in [6.45, 7) is -1.17. The van der Waals surface area contributed by atoms with E-state index in [-0.39, 0.29) is 17.5 Å². The average molecular weight is 389 g/mol. The predicted octanol–water partition coefficient (Wildman–Crippen LogP) is 3.64. The lowest BCUT2D eigenvalue weighted by Gasteiger charge is -2.14. The number of H-pyrrole nitrogens is 1. The van der Waals surface area contributed by atoms with E-state index in [9.17, 15) is 13.2 Å². The standard InChI is InChI=1S/C17H14F3N7O/c1-9(10-4-2-3-5-11(10)18)27-16-12(7-22-27)21-8-14(24-16)23-13-6-15(26-25-13)28-17(19)20/h2-9,17H,1H3,(H2,23,24,25,26)/t9-/m0/s1. The van der Waals surface area contributed by atoms with Crippen molar-refractivity contribution in [3.8, 4) is 5.88 Å². The van der Waals surface area contributed by atoms with E-state index in [1.165, 1.54) is 24.5 Å². The SMILES string of the molecule is C[C@@H](c1ccccc1F)n1ncc2ncc(Nc3cc(OC(F)F)n[nH]3)nc21. The highest BCUT2D eigenvalue weighted by molar-refractivity contribution is 5.72. The van der Waals surface area contributed by atoms with Crippen molar-refractivity contribution in [2.45, 2.75) is 19.6 Å². The van der Waals surface area contributed by atoms with E-state index in [4.69, 9.17) is 0 Å². The van der Waals surface area contributed by atoms with E-state index in [1.807, 2.05) is 0 Å². The Balaban J connectivity index is 1.63. The van der Waals surface area contributed by atoms with Crippen molar-refractivity contribution in [2.24, 2.45) is 0 Å². The Morgan fingerprint density at radius 1 is 1.21 bits per heavy atom. The Kier molecular flexibility index (Phi) is 4.55. The minimum atomic E-state index is -2.97. The summed E-state index contributed by atoms with van der Waals surface area (Å²) in [5, 5.41) is 13.3. The van der Waals surface area contributed by atoms with E-state index in [2.05, 4.69) is 35.3 Å². The van der Waals surface area contributed by atoms with Crippen molar-refractivity contribution in [3.63, 3.8) is 0 Å². The molecule has 4 aromatic rings. The molecular formula is C17H14F3N7O. The van der Waals surface area contributed by atoms with Gasteiger partial charge in [-0.1, -0.05) is 18.2 Å². The molecule has 0 spiro atoms. The molecule has 3 heterocycles. The zero-order chi connectivity index (χ0) is 19.7. The molecule has 0 aliphatic heterocycles. The number of hydrogen-bond donors (Lipinski definition) is 2. The first-order valence-electron chi connectivity index (χ1n) is 8.23. The Labute approximate surface area is 156 Å². The molecule has 0 aliphatic carbocycles. The molecule has 3 aromatic heterocycles. The third-order valence-corrected chi connectivity index (χ3v) is 4.05. The zero-order valence-electron chi connectivity index (χ0n) is 14.5. The van der Waals surface area contributed by atoms with Gasteiger partial charge in [0.1, 0.15) is 17.2 Å². The summed E-state index contributed by atoms with van der Waals surface area (Å²) in [4.78, 5) is 8.71. The lowest BCUT2D eigenvalue weighted by molar-refractivity contribution is -0.0528. The van der Waals surface area contributed by atoms with Gasteiger partial charge >= 0.3 is 6.61 Å². The van der Waals surface area contributed by atoms with Crippen molar-refractivity contribution in [2.75, 3.05) is 5.32 Å². The van der Waals surface area contributed by atoms with E-state index < -0.39 is 12.7 Å². The van der Waals surface area contributed by atoms with Crippen LogP contribution >= 0.6 is 0 Å². The van der Waals surface area contributed by atoms with Gasteiger partial charge in [-0.2, -0.15) is 13.9 Å². The van der Waals surface area contributed by atoms with Crippen LogP contribution in [-0.4, -0.2) is 36.6 Å². The highest BCUT2D eigenvalue weighted by Crippen LogP contribution is 2.25. The number of halogens is 3. The topological polar surface area (TPSA) is 93.5 Å². The Hall–Kier alpha value is -3.63. The van der Waals surface area contributed by atoms with Crippen LogP contribution in [-0.2, 0) is 0 Å². The third-order valence-electron chi connectivity index (χ3n) is 4.05. The number of benzene rings is 1. The minimum Gasteiger partial charge on any atom is -0.415 e. The fourth-order valence-corrected chi connectivity index (χ4v) is 2.77. The van der Waals surface area contributed by atoms with Gasteiger partial charge in [0.15, 0.2) is 11.5 Å². The largest absolute Gasteiger partial charge is 0.415 e. The average Bonchev–Trinajstić information content (AvgIpc) is 3.27. The van der Waals surface area contributed by atoms with Crippen LogP contribution in [0.5, 0.6) is 5.88 Å². The number of aromatic nitrogens is 6. The van der Waals surface area contributed by atoms with Gasteiger partial charge in [0.2, 0.25) is 5.88 Å². The smallest absolute Gasteiger partial charge is 0.388 e. The normalized spacial score (nSPS) is 12.5. The molecule has 2 N–H and O–H groups in total. The highest BCUT2D eigenvalue weighted by Gasteiger charge is 2.17. The first kappa shape index (κ1) is 17.8. The monoisotopic (exact) mass is 389 g/mol. The number of anilines is 2. The summed E-state index contributed by atoms with van der Waals surface area (Å²) in [6.07, 6.45) is 2.99. The molecule has 28 heavy (non-hydrogen) atoms.